The second-order valence-corrected chi connectivity index (χ2v) is 5.56. The first-order valence-electron chi connectivity index (χ1n) is 6.66. The summed E-state index contributed by atoms with van der Waals surface area (Å²) in [6.07, 6.45) is 2.17. The molecule has 3 atom stereocenters. The van der Waals surface area contributed by atoms with E-state index in [4.69, 9.17) is 5.11 Å². The largest absolute Gasteiger partial charge is 0.481 e. The van der Waals surface area contributed by atoms with Crippen molar-refractivity contribution in [3.05, 3.63) is 0 Å². The van der Waals surface area contributed by atoms with E-state index in [2.05, 4.69) is 19.2 Å². The molecule has 1 rings (SSSR count). The number of carbonyl (C=O) groups is 2. The summed E-state index contributed by atoms with van der Waals surface area (Å²) in [6.45, 7) is 7.32. The van der Waals surface area contributed by atoms with Crippen LogP contribution in [0.25, 0.3) is 0 Å². The summed E-state index contributed by atoms with van der Waals surface area (Å²) in [5, 5.41) is 11.5. The fourth-order valence-corrected chi connectivity index (χ4v) is 2.44. The van der Waals surface area contributed by atoms with Crippen LogP contribution in [0.4, 0.5) is 4.79 Å². The minimum atomic E-state index is -0.822. The average Bonchev–Trinajstić information content (AvgIpc) is 2.25. The van der Waals surface area contributed by atoms with Gasteiger partial charge >= 0.3 is 12.0 Å². The average molecular weight is 256 g/mol. The van der Waals surface area contributed by atoms with E-state index >= 15 is 0 Å². The zero-order chi connectivity index (χ0) is 13.7. The van der Waals surface area contributed by atoms with Crippen molar-refractivity contribution in [1.82, 2.24) is 10.2 Å². The molecule has 18 heavy (non-hydrogen) atoms. The lowest BCUT2D eigenvalue weighted by Crippen LogP contribution is -2.49. The van der Waals surface area contributed by atoms with Crippen molar-refractivity contribution in [2.24, 2.45) is 11.8 Å². The SMILES string of the molecule is CC(CNC(=O)N1CCC(C)CC1C)CC(=O)O. The van der Waals surface area contributed by atoms with Gasteiger partial charge in [0.1, 0.15) is 0 Å². The fourth-order valence-electron chi connectivity index (χ4n) is 2.44. The van der Waals surface area contributed by atoms with Crippen LogP contribution < -0.4 is 5.32 Å². The molecule has 2 amide bonds. The minimum Gasteiger partial charge on any atom is -0.481 e. The highest BCUT2D eigenvalue weighted by atomic mass is 16.4. The number of carboxylic acids is 1. The molecular weight excluding hydrogens is 232 g/mol. The van der Waals surface area contributed by atoms with Crippen molar-refractivity contribution in [1.29, 1.82) is 0 Å². The van der Waals surface area contributed by atoms with Gasteiger partial charge in [-0.1, -0.05) is 13.8 Å². The molecule has 0 aromatic rings. The molecule has 0 aromatic heterocycles. The van der Waals surface area contributed by atoms with E-state index < -0.39 is 5.97 Å². The second-order valence-electron chi connectivity index (χ2n) is 5.56. The van der Waals surface area contributed by atoms with Gasteiger partial charge in [-0.3, -0.25) is 4.79 Å². The van der Waals surface area contributed by atoms with E-state index in [9.17, 15) is 9.59 Å². The molecule has 1 heterocycles. The highest BCUT2D eigenvalue weighted by Gasteiger charge is 2.26. The fraction of sp³-hybridized carbons (Fsp3) is 0.846. The number of carboxylic acid groups (broad SMARTS) is 1. The van der Waals surface area contributed by atoms with E-state index in [1.807, 2.05) is 11.8 Å². The van der Waals surface area contributed by atoms with Crippen LogP contribution in [-0.2, 0) is 4.79 Å². The van der Waals surface area contributed by atoms with Gasteiger partial charge in [-0.15, -0.1) is 0 Å². The van der Waals surface area contributed by atoms with E-state index in [1.54, 1.807) is 0 Å². The number of nitrogens with zero attached hydrogens (tertiary/aromatic N) is 1. The Bertz CT molecular complexity index is 307. The number of hydrogen-bond acceptors (Lipinski definition) is 2. The molecular formula is C13H24N2O3. The molecule has 1 saturated heterocycles. The summed E-state index contributed by atoms with van der Waals surface area (Å²) in [5.74, 6) is -0.183. The molecule has 1 aliphatic heterocycles. The molecule has 1 fully saturated rings. The first-order valence-corrected chi connectivity index (χ1v) is 6.66. The third kappa shape index (κ3) is 4.55. The lowest BCUT2D eigenvalue weighted by Gasteiger charge is -2.36. The number of urea groups is 1. The van der Waals surface area contributed by atoms with E-state index in [-0.39, 0.29) is 24.4 Å². The molecule has 3 unspecified atom stereocenters. The summed E-state index contributed by atoms with van der Waals surface area (Å²) >= 11 is 0. The lowest BCUT2D eigenvalue weighted by atomic mass is 9.94. The Morgan fingerprint density at radius 1 is 1.44 bits per heavy atom. The van der Waals surface area contributed by atoms with Crippen molar-refractivity contribution in [3.63, 3.8) is 0 Å². The predicted molar refractivity (Wildman–Crippen MR) is 69.4 cm³/mol. The van der Waals surface area contributed by atoms with Crippen molar-refractivity contribution in [2.45, 2.75) is 46.1 Å². The summed E-state index contributed by atoms with van der Waals surface area (Å²) in [4.78, 5) is 24.3. The number of hydrogen-bond donors (Lipinski definition) is 2. The van der Waals surface area contributed by atoms with Gasteiger partial charge in [0.15, 0.2) is 0 Å². The maximum absolute atomic E-state index is 12.0. The molecule has 0 saturated carbocycles. The second kappa shape index (κ2) is 6.61. The maximum Gasteiger partial charge on any atom is 0.317 e. The third-order valence-corrected chi connectivity index (χ3v) is 3.52. The van der Waals surface area contributed by atoms with Crippen molar-refractivity contribution >= 4 is 12.0 Å². The molecule has 5 nitrogen and oxygen atoms in total. The molecule has 2 N–H and O–H groups in total. The lowest BCUT2D eigenvalue weighted by molar-refractivity contribution is -0.137. The van der Waals surface area contributed by atoms with Gasteiger partial charge in [-0.05, 0) is 31.6 Å². The van der Waals surface area contributed by atoms with E-state index in [1.165, 1.54) is 0 Å². The normalized spacial score (nSPS) is 25.6. The van der Waals surface area contributed by atoms with Crippen LogP contribution in [0.2, 0.25) is 0 Å². The molecule has 0 spiro atoms. The number of aliphatic carboxylic acids is 1. The van der Waals surface area contributed by atoms with Crippen molar-refractivity contribution in [3.8, 4) is 0 Å². The number of amides is 2. The standard InChI is InChI=1S/C13H24N2O3/c1-9-4-5-15(11(3)6-9)13(18)14-8-10(2)7-12(16)17/h9-11H,4-8H2,1-3H3,(H,14,18)(H,16,17). The van der Waals surface area contributed by atoms with E-state index in [0.717, 1.165) is 19.4 Å². The number of piperidine rings is 1. The van der Waals surface area contributed by atoms with Crippen molar-refractivity contribution < 1.29 is 14.7 Å². The van der Waals surface area contributed by atoms with Gasteiger partial charge in [-0.2, -0.15) is 0 Å². The van der Waals surface area contributed by atoms with Gasteiger partial charge in [-0.25, -0.2) is 4.79 Å². The number of carbonyl (C=O) groups excluding carboxylic acids is 1. The summed E-state index contributed by atoms with van der Waals surface area (Å²) in [6, 6.07) is 0.204. The Kier molecular flexibility index (Phi) is 5.44. The van der Waals surface area contributed by atoms with Crippen LogP contribution in [0, 0.1) is 11.8 Å². The van der Waals surface area contributed by atoms with Crippen LogP contribution in [-0.4, -0.2) is 41.1 Å². The summed E-state index contributed by atoms with van der Waals surface area (Å²) in [5.41, 5.74) is 0. The maximum atomic E-state index is 12.0. The van der Waals surface area contributed by atoms with Crippen LogP contribution in [0.15, 0.2) is 0 Å². The minimum absolute atomic E-state index is 0.0366. The predicted octanol–water partition coefficient (Wildman–Crippen LogP) is 1.93. The van der Waals surface area contributed by atoms with Gasteiger partial charge in [0.05, 0.1) is 0 Å². The summed E-state index contributed by atoms with van der Waals surface area (Å²) in [7, 11) is 0. The van der Waals surface area contributed by atoms with Crippen LogP contribution in [0.3, 0.4) is 0 Å². The zero-order valence-electron chi connectivity index (χ0n) is 11.5. The number of likely N-dealkylation sites (tertiary alicyclic amines) is 1. The van der Waals surface area contributed by atoms with Crippen LogP contribution in [0.1, 0.15) is 40.0 Å². The molecule has 0 bridgehead atoms. The van der Waals surface area contributed by atoms with Gasteiger partial charge in [0, 0.05) is 25.6 Å². The van der Waals surface area contributed by atoms with Gasteiger partial charge in [0.2, 0.25) is 0 Å². The van der Waals surface area contributed by atoms with Gasteiger partial charge < -0.3 is 15.3 Å². The Morgan fingerprint density at radius 3 is 2.67 bits per heavy atom. The molecule has 5 heteroatoms. The van der Waals surface area contributed by atoms with E-state index in [0.29, 0.717) is 12.5 Å². The Morgan fingerprint density at radius 2 is 2.11 bits per heavy atom. The van der Waals surface area contributed by atoms with Crippen LogP contribution >= 0.6 is 0 Å². The molecule has 1 aliphatic rings. The highest BCUT2D eigenvalue weighted by molar-refractivity contribution is 5.74. The van der Waals surface area contributed by atoms with Crippen molar-refractivity contribution in [2.75, 3.05) is 13.1 Å². The number of nitrogens with one attached hydrogen (secondary N) is 1. The van der Waals surface area contributed by atoms with Crippen LogP contribution in [0.5, 0.6) is 0 Å². The Labute approximate surface area is 109 Å². The topological polar surface area (TPSA) is 69.6 Å². The zero-order valence-corrected chi connectivity index (χ0v) is 11.5. The molecule has 0 aliphatic carbocycles. The van der Waals surface area contributed by atoms with Gasteiger partial charge in [0.25, 0.3) is 0 Å². The Hall–Kier alpha value is -1.26. The highest BCUT2D eigenvalue weighted by Crippen LogP contribution is 2.21. The molecule has 0 aromatic carbocycles. The Balaban J connectivity index is 2.34. The third-order valence-electron chi connectivity index (χ3n) is 3.52. The number of rotatable bonds is 4. The molecule has 0 radical (unpaired) electrons. The first-order chi connectivity index (χ1) is 8.40. The first kappa shape index (κ1) is 14.8. The summed E-state index contributed by atoms with van der Waals surface area (Å²) < 4.78 is 0. The molecule has 104 valence electrons. The monoisotopic (exact) mass is 256 g/mol. The quantitative estimate of drug-likeness (QED) is 0.807. The smallest absolute Gasteiger partial charge is 0.317 e.